The van der Waals surface area contributed by atoms with Crippen LogP contribution in [0.5, 0.6) is 0 Å². The summed E-state index contributed by atoms with van der Waals surface area (Å²) < 4.78 is 0. The minimum atomic E-state index is -1.59. The van der Waals surface area contributed by atoms with Crippen molar-refractivity contribution in [2.24, 2.45) is 5.41 Å². The van der Waals surface area contributed by atoms with Crippen LogP contribution in [0.3, 0.4) is 0 Å². The van der Waals surface area contributed by atoms with E-state index in [0.717, 1.165) is 16.8 Å². The van der Waals surface area contributed by atoms with Gasteiger partial charge in [-0.1, -0.05) is 24.3 Å². The van der Waals surface area contributed by atoms with E-state index in [0.29, 0.717) is 12.1 Å². The van der Waals surface area contributed by atoms with E-state index in [1.807, 2.05) is 29.2 Å². The molecule has 3 aliphatic rings. The average molecular weight is 378 g/mol. The maximum absolute atomic E-state index is 13.0. The first-order valence-corrected chi connectivity index (χ1v) is 8.70. The Labute approximate surface area is 158 Å². The Morgan fingerprint density at radius 2 is 1.75 bits per heavy atom. The molecule has 0 bridgehead atoms. The molecule has 1 unspecified atom stereocenters. The SMILES string of the molecule is O=C1NC(=O)C2(Cc3cc([N+](=O)[O-])ccc3N3Cc4ccccc4C32)C(=O)N1. The molecule has 0 aliphatic carbocycles. The number of barbiturate groups is 1. The number of fused-ring (bicyclic) bond motifs is 6. The summed E-state index contributed by atoms with van der Waals surface area (Å²) in [7, 11) is 0. The molecule has 28 heavy (non-hydrogen) atoms. The predicted molar refractivity (Wildman–Crippen MR) is 96.3 cm³/mol. The number of hydrogen-bond acceptors (Lipinski definition) is 6. The van der Waals surface area contributed by atoms with Gasteiger partial charge in [-0.15, -0.1) is 0 Å². The van der Waals surface area contributed by atoms with Crippen LogP contribution in [0.15, 0.2) is 42.5 Å². The van der Waals surface area contributed by atoms with Gasteiger partial charge < -0.3 is 4.90 Å². The summed E-state index contributed by atoms with van der Waals surface area (Å²) in [6.45, 7) is 0.460. The van der Waals surface area contributed by atoms with Crippen molar-refractivity contribution in [1.82, 2.24) is 10.6 Å². The first-order valence-electron chi connectivity index (χ1n) is 8.70. The van der Waals surface area contributed by atoms with Crippen LogP contribution in [-0.4, -0.2) is 22.8 Å². The minimum absolute atomic E-state index is 0.0372. The van der Waals surface area contributed by atoms with Crippen molar-refractivity contribution >= 4 is 29.2 Å². The fraction of sp³-hybridized carbons (Fsp3) is 0.211. The fourth-order valence-corrected chi connectivity index (χ4v) is 4.62. The molecule has 3 aliphatic heterocycles. The Balaban J connectivity index is 1.76. The minimum Gasteiger partial charge on any atom is -0.358 e. The maximum Gasteiger partial charge on any atom is 0.328 e. The number of nitrogens with one attached hydrogen (secondary N) is 2. The van der Waals surface area contributed by atoms with Gasteiger partial charge in [-0.25, -0.2) is 4.79 Å². The maximum atomic E-state index is 13.0. The number of nitrogens with zero attached hydrogens (tertiary/aromatic N) is 2. The zero-order valence-corrected chi connectivity index (χ0v) is 14.5. The Bertz CT molecular complexity index is 1080. The van der Waals surface area contributed by atoms with Gasteiger partial charge in [0, 0.05) is 30.8 Å². The van der Waals surface area contributed by atoms with Crippen LogP contribution >= 0.6 is 0 Å². The number of hydrogen-bond donors (Lipinski definition) is 2. The van der Waals surface area contributed by atoms with Crippen molar-refractivity contribution in [3.8, 4) is 0 Å². The molecule has 1 spiro atoms. The van der Waals surface area contributed by atoms with Gasteiger partial charge in [-0.3, -0.25) is 30.3 Å². The van der Waals surface area contributed by atoms with Crippen molar-refractivity contribution in [2.75, 3.05) is 4.90 Å². The monoisotopic (exact) mass is 378 g/mol. The molecule has 9 heteroatoms. The normalized spacial score (nSPS) is 21.5. The van der Waals surface area contributed by atoms with E-state index < -0.39 is 34.2 Å². The summed E-state index contributed by atoms with van der Waals surface area (Å²) in [4.78, 5) is 50.3. The molecular weight excluding hydrogens is 364 g/mol. The van der Waals surface area contributed by atoms with Gasteiger partial charge in [0.1, 0.15) is 0 Å². The lowest BCUT2D eigenvalue weighted by Gasteiger charge is -2.47. The first kappa shape index (κ1) is 16.4. The highest BCUT2D eigenvalue weighted by atomic mass is 16.6. The number of carbonyl (C=O) groups is 3. The standard InChI is InChI=1S/C19H14N4O5/c24-16-19(17(25)21-18(26)20-16)8-11-7-12(23(27)28)5-6-14(11)22-9-10-3-1-2-4-13(10)15(19)22/h1-7,15H,8-9H2,(H2,20,21,24,25,26). The lowest BCUT2D eigenvalue weighted by atomic mass is 9.67. The van der Waals surface area contributed by atoms with Crippen LogP contribution in [0.2, 0.25) is 0 Å². The molecule has 1 saturated heterocycles. The number of carbonyl (C=O) groups excluding carboxylic acids is 3. The number of rotatable bonds is 1. The third kappa shape index (κ3) is 1.98. The summed E-state index contributed by atoms with van der Waals surface area (Å²) in [5, 5.41) is 15.6. The van der Waals surface area contributed by atoms with Crippen molar-refractivity contribution in [2.45, 2.75) is 19.0 Å². The third-order valence-corrected chi connectivity index (χ3v) is 5.79. The van der Waals surface area contributed by atoms with E-state index in [-0.39, 0.29) is 12.1 Å². The molecule has 4 amide bonds. The third-order valence-electron chi connectivity index (χ3n) is 5.79. The first-order chi connectivity index (χ1) is 13.4. The number of non-ortho nitro benzene ring substituents is 1. The highest BCUT2D eigenvalue weighted by molar-refractivity contribution is 6.20. The summed E-state index contributed by atoms with van der Waals surface area (Å²) in [6, 6.07) is 10.5. The van der Waals surface area contributed by atoms with Crippen LogP contribution in [0, 0.1) is 15.5 Å². The van der Waals surface area contributed by atoms with Gasteiger partial charge in [-0.2, -0.15) is 0 Å². The highest BCUT2D eigenvalue weighted by Crippen LogP contribution is 2.55. The van der Waals surface area contributed by atoms with Crippen molar-refractivity contribution in [1.29, 1.82) is 0 Å². The highest BCUT2D eigenvalue weighted by Gasteiger charge is 2.62. The molecule has 1 fully saturated rings. The number of nitro groups is 1. The van der Waals surface area contributed by atoms with Gasteiger partial charge in [0.2, 0.25) is 11.8 Å². The van der Waals surface area contributed by atoms with Crippen LogP contribution in [-0.2, 0) is 22.6 Å². The van der Waals surface area contributed by atoms with Crippen LogP contribution in [0.25, 0.3) is 0 Å². The van der Waals surface area contributed by atoms with Gasteiger partial charge in [0.15, 0.2) is 5.41 Å². The van der Waals surface area contributed by atoms with Crippen LogP contribution in [0.4, 0.5) is 16.2 Å². The topological polar surface area (TPSA) is 122 Å². The summed E-state index contributed by atoms with van der Waals surface area (Å²) in [5.41, 5.74) is 1.37. The Morgan fingerprint density at radius 1 is 1.04 bits per heavy atom. The van der Waals surface area contributed by atoms with Gasteiger partial charge in [0.25, 0.3) is 5.69 Å². The van der Waals surface area contributed by atoms with Gasteiger partial charge in [-0.05, 0) is 22.8 Å². The largest absolute Gasteiger partial charge is 0.358 e. The number of nitro benzene ring substituents is 1. The van der Waals surface area contributed by atoms with Crippen molar-refractivity contribution < 1.29 is 19.3 Å². The van der Waals surface area contributed by atoms with Gasteiger partial charge >= 0.3 is 6.03 Å². The Morgan fingerprint density at radius 3 is 2.46 bits per heavy atom. The molecule has 2 aromatic rings. The van der Waals surface area contributed by atoms with Crippen LogP contribution < -0.4 is 15.5 Å². The zero-order chi connectivity index (χ0) is 19.6. The van der Waals surface area contributed by atoms with E-state index in [4.69, 9.17) is 0 Å². The second-order valence-corrected chi connectivity index (χ2v) is 7.18. The molecule has 9 nitrogen and oxygen atoms in total. The molecule has 1 atom stereocenters. The van der Waals surface area contributed by atoms with Gasteiger partial charge in [0.05, 0.1) is 11.0 Å². The number of amides is 4. The molecular formula is C19H14N4O5. The molecule has 2 aromatic carbocycles. The van der Waals surface area contributed by atoms with E-state index in [2.05, 4.69) is 10.6 Å². The zero-order valence-electron chi connectivity index (χ0n) is 14.5. The van der Waals surface area contributed by atoms with Crippen LogP contribution in [0.1, 0.15) is 22.7 Å². The number of anilines is 1. The Hall–Kier alpha value is -3.75. The Kier molecular flexibility index (Phi) is 3.16. The number of imide groups is 2. The number of benzene rings is 2. The predicted octanol–water partition coefficient (Wildman–Crippen LogP) is 1.56. The summed E-state index contributed by atoms with van der Waals surface area (Å²) in [5.74, 6) is -1.38. The summed E-state index contributed by atoms with van der Waals surface area (Å²) >= 11 is 0. The van der Waals surface area contributed by atoms with Crippen molar-refractivity contribution in [3.63, 3.8) is 0 Å². The quantitative estimate of drug-likeness (QED) is 0.441. The molecule has 2 N–H and O–H groups in total. The molecule has 140 valence electrons. The lowest BCUT2D eigenvalue weighted by Crippen LogP contribution is -2.67. The average Bonchev–Trinajstić information content (AvgIpc) is 3.05. The second-order valence-electron chi connectivity index (χ2n) is 7.18. The smallest absolute Gasteiger partial charge is 0.328 e. The molecule has 0 radical (unpaired) electrons. The van der Waals surface area contributed by atoms with E-state index in [1.165, 1.54) is 12.1 Å². The lowest BCUT2D eigenvalue weighted by molar-refractivity contribution is -0.384. The van der Waals surface area contributed by atoms with E-state index in [1.54, 1.807) is 6.07 Å². The number of urea groups is 1. The van der Waals surface area contributed by atoms with E-state index in [9.17, 15) is 24.5 Å². The molecule has 0 saturated carbocycles. The van der Waals surface area contributed by atoms with Crippen molar-refractivity contribution in [3.05, 3.63) is 69.3 Å². The summed E-state index contributed by atoms with van der Waals surface area (Å²) in [6.07, 6.45) is -0.0372. The van der Waals surface area contributed by atoms with E-state index >= 15 is 0 Å². The molecule has 5 rings (SSSR count). The molecule has 0 aromatic heterocycles. The fourth-order valence-electron chi connectivity index (χ4n) is 4.62. The molecule has 3 heterocycles. The second kappa shape index (κ2) is 5.38.